The molecule has 2 N–H and O–H groups in total. The number of nitrogens with zero attached hydrogens (tertiary/aromatic N) is 1. The third kappa shape index (κ3) is 5.73. The van der Waals surface area contributed by atoms with Gasteiger partial charge in [-0.2, -0.15) is 5.10 Å². The van der Waals surface area contributed by atoms with Gasteiger partial charge in [-0.25, -0.2) is 10.2 Å². The number of carboxylic acid groups (broad SMARTS) is 1. The van der Waals surface area contributed by atoms with Crippen LogP contribution in [0.3, 0.4) is 0 Å². The summed E-state index contributed by atoms with van der Waals surface area (Å²) in [7, 11) is 0. The van der Waals surface area contributed by atoms with Crippen molar-refractivity contribution in [2.24, 2.45) is 5.10 Å². The van der Waals surface area contributed by atoms with Gasteiger partial charge in [-0.1, -0.05) is 41.9 Å². The first-order chi connectivity index (χ1) is 11.5. The van der Waals surface area contributed by atoms with Crippen molar-refractivity contribution in [1.82, 2.24) is 5.43 Å². The van der Waals surface area contributed by atoms with Gasteiger partial charge in [0.2, 0.25) is 5.91 Å². The highest BCUT2D eigenvalue weighted by Gasteiger charge is 2.05. The van der Waals surface area contributed by atoms with E-state index in [1.54, 1.807) is 18.2 Å². The SMILES string of the molecule is O=C(O)COc1ccc(/C=N\NC(=O)Cc2ccccc2)cc1Cl. The molecule has 24 heavy (non-hydrogen) atoms. The van der Waals surface area contributed by atoms with E-state index >= 15 is 0 Å². The minimum atomic E-state index is -1.09. The molecule has 0 radical (unpaired) electrons. The quantitative estimate of drug-likeness (QED) is 0.595. The third-order valence-corrected chi connectivity index (χ3v) is 3.21. The van der Waals surface area contributed by atoms with Crippen LogP contribution in [0.5, 0.6) is 5.75 Å². The van der Waals surface area contributed by atoms with Gasteiger partial charge in [-0.15, -0.1) is 0 Å². The molecule has 0 fully saturated rings. The summed E-state index contributed by atoms with van der Waals surface area (Å²) in [6.45, 7) is -0.470. The van der Waals surface area contributed by atoms with Crippen molar-refractivity contribution < 1.29 is 19.4 Å². The zero-order valence-corrected chi connectivity index (χ0v) is 13.4. The molecule has 2 aromatic carbocycles. The normalized spacial score (nSPS) is 10.5. The van der Waals surface area contributed by atoms with Crippen LogP contribution in [0.15, 0.2) is 53.6 Å². The lowest BCUT2D eigenvalue weighted by atomic mass is 10.1. The van der Waals surface area contributed by atoms with Crippen LogP contribution in [0.25, 0.3) is 0 Å². The zero-order valence-electron chi connectivity index (χ0n) is 12.6. The maximum atomic E-state index is 11.7. The average molecular weight is 347 g/mol. The van der Waals surface area contributed by atoms with Gasteiger partial charge in [0.05, 0.1) is 17.7 Å². The maximum Gasteiger partial charge on any atom is 0.341 e. The number of carboxylic acids is 1. The van der Waals surface area contributed by atoms with Gasteiger partial charge >= 0.3 is 5.97 Å². The van der Waals surface area contributed by atoms with Gasteiger partial charge in [-0.3, -0.25) is 4.79 Å². The Morgan fingerprint density at radius 3 is 2.62 bits per heavy atom. The van der Waals surface area contributed by atoms with E-state index in [0.29, 0.717) is 5.56 Å². The average Bonchev–Trinajstić information content (AvgIpc) is 2.55. The van der Waals surface area contributed by atoms with Gasteiger partial charge < -0.3 is 9.84 Å². The minimum absolute atomic E-state index is 0.232. The maximum absolute atomic E-state index is 11.7. The number of rotatable bonds is 7. The molecule has 6 nitrogen and oxygen atoms in total. The highest BCUT2D eigenvalue weighted by molar-refractivity contribution is 6.32. The monoisotopic (exact) mass is 346 g/mol. The fourth-order valence-corrected chi connectivity index (χ4v) is 2.10. The van der Waals surface area contributed by atoms with Gasteiger partial charge in [0, 0.05) is 0 Å². The Labute approximate surface area is 143 Å². The summed E-state index contributed by atoms with van der Waals surface area (Å²) in [5, 5.41) is 12.7. The van der Waals surface area contributed by atoms with E-state index in [0.717, 1.165) is 5.56 Å². The van der Waals surface area contributed by atoms with Crippen LogP contribution < -0.4 is 10.2 Å². The van der Waals surface area contributed by atoms with E-state index in [2.05, 4.69) is 10.5 Å². The van der Waals surface area contributed by atoms with Crippen LogP contribution in [-0.2, 0) is 16.0 Å². The van der Waals surface area contributed by atoms with E-state index in [1.807, 2.05) is 30.3 Å². The Balaban J connectivity index is 1.88. The number of nitrogens with one attached hydrogen (secondary N) is 1. The van der Waals surface area contributed by atoms with Crippen molar-refractivity contribution >= 4 is 29.7 Å². The predicted octanol–water partition coefficient (Wildman–Crippen LogP) is 2.50. The molecule has 0 atom stereocenters. The number of ether oxygens (including phenoxy) is 1. The molecule has 0 aromatic heterocycles. The zero-order chi connectivity index (χ0) is 17.4. The first kappa shape index (κ1) is 17.5. The largest absolute Gasteiger partial charge is 0.480 e. The van der Waals surface area contributed by atoms with E-state index in [1.165, 1.54) is 6.21 Å². The Hall–Kier alpha value is -2.86. The number of carbonyl (C=O) groups excluding carboxylic acids is 1. The first-order valence-electron chi connectivity index (χ1n) is 7.04. The van der Waals surface area contributed by atoms with Gasteiger partial charge in [-0.05, 0) is 29.3 Å². The van der Waals surface area contributed by atoms with E-state index in [9.17, 15) is 9.59 Å². The predicted molar refractivity (Wildman–Crippen MR) is 90.5 cm³/mol. The number of amides is 1. The fourth-order valence-electron chi connectivity index (χ4n) is 1.85. The summed E-state index contributed by atoms with van der Waals surface area (Å²) < 4.78 is 5.02. The number of hydrogen-bond acceptors (Lipinski definition) is 4. The van der Waals surface area contributed by atoms with Gasteiger partial charge in [0.25, 0.3) is 0 Å². The summed E-state index contributed by atoms with van der Waals surface area (Å²) in [4.78, 5) is 22.2. The van der Waals surface area contributed by atoms with Crippen LogP contribution in [-0.4, -0.2) is 29.8 Å². The summed E-state index contributed by atoms with van der Waals surface area (Å²) in [6.07, 6.45) is 1.68. The summed E-state index contributed by atoms with van der Waals surface area (Å²) in [5.41, 5.74) is 3.97. The smallest absolute Gasteiger partial charge is 0.341 e. The number of aliphatic carboxylic acids is 1. The molecule has 0 saturated heterocycles. The third-order valence-electron chi connectivity index (χ3n) is 2.92. The minimum Gasteiger partial charge on any atom is -0.480 e. The molecule has 0 saturated carbocycles. The lowest BCUT2D eigenvalue weighted by molar-refractivity contribution is -0.139. The second-order valence-electron chi connectivity index (χ2n) is 4.83. The molecule has 2 aromatic rings. The van der Waals surface area contributed by atoms with Crippen LogP contribution in [0.4, 0.5) is 0 Å². The number of carbonyl (C=O) groups is 2. The van der Waals surface area contributed by atoms with Gasteiger partial charge in [0.15, 0.2) is 6.61 Å². The van der Waals surface area contributed by atoms with Crippen molar-refractivity contribution in [2.75, 3.05) is 6.61 Å². The summed E-state index contributed by atoms with van der Waals surface area (Å²) in [6, 6.07) is 14.1. The van der Waals surface area contributed by atoms with Crippen molar-refractivity contribution in [1.29, 1.82) is 0 Å². The first-order valence-corrected chi connectivity index (χ1v) is 7.42. The van der Waals surface area contributed by atoms with E-state index in [4.69, 9.17) is 21.4 Å². The van der Waals surface area contributed by atoms with E-state index < -0.39 is 12.6 Å². The topological polar surface area (TPSA) is 88.0 Å². The molecule has 1 amide bonds. The summed E-state index contributed by atoms with van der Waals surface area (Å²) in [5.74, 6) is -1.05. The van der Waals surface area contributed by atoms with E-state index in [-0.39, 0.29) is 23.1 Å². The molecule has 7 heteroatoms. The fraction of sp³-hybridized carbons (Fsp3) is 0.118. The van der Waals surface area contributed by atoms with Crippen LogP contribution >= 0.6 is 11.6 Å². The summed E-state index contributed by atoms with van der Waals surface area (Å²) >= 11 is 5.99. The molecule has 0 unspecified atom stereocenters. The Bertz CT molecular complexity index is 748. The number of hydrogen-bond donors (Lipinski definition) is 2. The van der Waals surface area contributed by atoms with Crippen molar-refractivity contribution in [2.45, 2.75) is 6.42 Å². The second kappa shape index (κ2) is 8.69. The number of halogens is 1. The Kier molecular flexibility index (Phi) is 6.33. The molecular weight excluding hydrogens is 332 g/mol. The number of benzene rings is 2. The van der Waals surface area contributed by atoms with Gasteiger partial charge in [0.1, 0.15) is 5.75 Å². The molecule has 0 aliphatic heterocycles. The highest BCUT2D eigenvalue weighted by atomic mass is 35.5. The Morgan fingerprint density at radius 1 is 1.21 bits per heavy atom. The van der Waals surface area contributed by atoms with Crippen LogP contribution in [0.1, 0.15) is 11.1 Å². The molecule has 0 aliphatic rings. The van der Waals surface area contributed by atoms with Crippen LogP contribution in [0, 0.1) is 0 Å². The molecule has 124 valence electrons. The standard InChI is InChI=1S/C17H15ClN2O4/c18-14-8-13(6-7-15(14)24-11-17(22)23)10-19-20-16(21)9-12-4-2-1-3-5-12/h1-8,10H,9,11H2,(H,20,21)(H,22,23)/b19-10-. The Morgan fingerprint density at radius 2 is 1.96 bits per heavy atom. The number of hydrazone groups is 1. The molecule has 0 heterocycles. The van der Waals surface area contributed by atoms with Crippen molar-refractivity contribution in [3.63, 3.8) is 0 Å². The molecule has 0 spiro atoms. The second-order valence-corrected chi connectivity index (χ2v) is 5.24. The highest BCUT2D eigenvalue weighted by Crippen LogP contribution is 2.24. The van der Waals surface area contributed by atoms with Crippen molar-refractivity contribution in [3.8, 4) is 5.75 Å². The van der Waals surface area contributed by atoms with Crippen molar-refractivity contribution in [3.05, 3.63) is 64.7 Å². The lowest BCUT2D eigenvalue weighted by Crippen LogP contribution is -2.19. The van der Waals surface area contributed by atoms with Crippen LogP contribution in [0.2, 0.25) is 5.02 Å². The molecule has 0 bridgehead atoms. The molecule has 0 aliphatic carbocycles. The molecular formula is C17H15ClN2O4. The molecule has 2 rings (SSSR count). The lowest BCUT2D eigenvalue weighted by Gasteiger charge is -2.05.